The number of nitrogens with zero attached hydrogens (tertiary/aromatic N) is 1. The van der Waals surface area contributed by atoms with Crippen molar-refractivity contribution in [3.05, 3.63) is 82.0 Å². The number of benzene rings is 2. The van der Waals surface area contributed by atoms with Crippen LogP contribution in [-0.2, 0) is 27.9 Å². The summed E-state index contributed by atoms with van der Waals surface area (Å²) in [6.07, 6.45) is 1.69. The van der Waals surface area contributed by atoms with Gasteiger partial charge in [0.15, 0.2) is 0 Å². The lowest BCUT2D eigenvalue weighted by Gasteiger charge is -2.22. The number of likely N-dealkylation sites (tertiary alicyclic amines) is 1. The lowest BCUT2D eigenvalue weighted by atomic mass is 10.1. The molecule has 4 rings (SSSR count). The molecular weight excluding hydrogens is 472 g/mol. The minimum atomic E-state index is -3.68. The molecule has 178 valence electrons. The van der Waals surface area contributed by atoms with Gasteiger partial charge in [-0.05, 0) is 72.8 Å². The predicted molar refractivity (Wildman–Crippen MR) is 132 cm³/mol. The van der Waals surface area contributed by atoms with Crippen molar-refractivity contribution < 1.29 is 18.0 Å². The van der Waals surface area contributed by atoms with Gasteiger partial charge in [0, 0.05) is 29.2 Å². The SMILES string of the molecule is NC(=O)C1CCCN1Cc1cccc(NC(=O)c2ccc(S(=O)(=O)NCc3cccs3)cc2)c1. The number of amides is 2. The molecule has 8 nitrogen and oxygen atoms in total. The van der Waals surface area contributed by atoms with E-state index in [9.17, 15) is 18.0 Å². The van der Waals surface area contributed by atoms with Crippen LogP contribution in [0.25, 0.3) is 0 Å². The summed E-state index contributed by atoms with van der Waals surface area (Å²) in [5, 5.41) is 4.73. The fourth-order valence-electron chi connectivity index (χ4n) is 3.97. The number of rotatable bonds is 9. The van der Waals surface area contributed by atoms with Crippen molar-refractivity contribution in [2.75, 3.05) is 11.9 Å². The van der Waals surface area contributed by atoms with Crippen LogP contribution in [0.15, 0.2) is 70.9 Å². The normalized spacial score (nSPS) is 16.4. The molecule has 0 aliphatic carbocycles. The summed E-state index contributed by atoms with van der Waals surface area (Å²) in [5.41, 5.74) is 7.42. The highest BCUT2D eigenvalue weighted by Crippen LogP contribution is 2.22. The number of nitrogens with one attached hydrogen (secondary N) is 2. The van der Waals surface area contributed by atoms with E-state index < -0.39 is 10.0 Å². The molecule has 1 atom stereocenters. The van der Waals surface area contributed by atoms with Crippen LogP contribution in [0.3, 0.4) is 0 Å². The van der Waals surface area contributed by atoms with Gasteiger partial charge in [-0.25, -0.2) is 13.1 Å². The van der Waals surface area contributed by atoms with Crippen LogP contribution in [0.4, 0.5) is 5.69 Å². The van der Waals surface area contributed by atoms with Crippen molar-refractivity contribution in [2.24, 2.45) is 5.73 Å². The molecule has 10 heteroatoms. The summed E-state index contributed by atoms with van der Waals surface area (Å²) < 4.78 is 27.6. The second kappa shape index (κ2) is 10.5. The Balaban J connectivity index is 1.38. The Kier molecular flexibility index (Phi) is 7.42. The van der Waals surface area contributed by atoms with Crippen LogP contribution in [0.1, 0.15) is 33.6 Å². The highest BCUT2D eigenvalue weighted by Gasteiger charge is 2.28. The van der Waals surface area contributed by atoms with Gasteiger partial charge in [-0.15, -0.1) is 11.3 Å². The zero-order valence-electron chi connectivity index (χ0n) is 18.4. The number of nitrogens with two attached hydrogens (primary N) is 1. The zero-order chi connectivity index (χ0) is 24.1. The Morgan fingerprint density at radius 2 is 1.88 bits per heavy atom. The molecule has 0 radical (unpaired) electrons. The average molecular weight is 499 g/mol. The maximum absolute atomic E-state index is 12.7. The van der Waals surface area contributed by atoms with Crippen molar-refractivity contribution >= 4 is 38.9 Å². The zero-order valence-corrected chi connectivity index (χ0v) is 20.1. The van der Waals surface area contributed by atoms with E-state index in [1.165, 1.54) is 35.6 Å². The van der Waals surface area contributed by atoms with Crippen LogP contribution in [-0.4, -0.2) is 37.7 Å². The number of carbonyl (C=O) groups excluding carboxylic acids is 2. The van der Waals surface area contributed by atoms with Crippen molar-refractivity contribution in [1.82, 2.24) is 9.62 Å². The Hall–Kier alpha value is -3.05. The molecule has 1 fully saturated rings. The molecule has 1 saturated heterocycles. The predicted octanol–water partition coefficient (Wildman–Crippen LogP) is 2.93. The molecular formula is C24H26N4O4S2. The molecule has 3 aromatic rings. The number of thiophene rings is 1. The number of carbonyl (C=O) groups is 2. The molecule has 1 aliphatic rings. The number of hydrogen-bond acceptors (Lipinski definition) is 6. The lowest BCUT2D eigenvalue weighted by Crippen LogP contribution is -2.39. The van der Waals surface area contributed by atoms with Gasteiger partial charge in [-0.3, -0.25) is 14.5 Å². The van der Waals surface area contributed by atoms with Gasteiger partial charge >= 0.3 is 0 Å². The molecule has 1 aromatic heterocycles. The Morgan fingerprint density at radius 1 is 1.09 bits per heavy atom. The third kappa shape index (κ3) is 5.89. The third-order valence-electron chi connectivity index (χ3n) is 5.71. The summed E-state index contributed by atoms with van der Waals surface area (Å²) >= 11 is 1.47. The first-order valence-corrected chi connectivity index (χ1v) is 13.2. The maximum atomic E-state index is 12.7. The van der Waals surface area contributed by atoms with Gasteiger partial charge in [0.1, 0.15) is 0 Å². The third-order valence-corrected chi connectivity index (χ3v) is 8.00. The van der Waals surface area contributed by atoms with Crippen LogP contribution in [0, 0.1) is 0 Å². The van der Waals surface area contributed by atoms with Gasteiger partial charge in [0.25, 0.3) is 5.91 Å². The highest BCUT2D eigenvalue weighted by molar-refractivity contribution is 7.89. The first kappa shape index (κ1) is 24.1. The van der Waals surface area contributed by atoms with Gasteiger partial charge in [-0.1, -0.05) is 18.2 Å². The lowest BCUT2D eigenvalue weighted by molar-refractivity contribution is -0.122. The molecule has 2 aromatic carbocycles. The first-order valence-electron chi connectivity index (χ1n) is 10.9. The summed E-state index contributed by atoms with van der Waals surface area (Å²) in [6.45, 7) is 1.60. The van der Waals surface area contributed by atoms with Crippen LogP contribution < -0.4 is 15.8 Å². The molecule has 1 unspecified atom stereocenters. The van der Waals surface area contributed by atoms with Gasteiger partial charge in [-0.2, -0.15) is 0 Å². The van der Waals surface area contributed by atoms with Crippen molar-refractivity contribution in [1.29, 1.82) is 0 Å². The molecule has 0 bridgehead atoms. The second-order valence-electron chi connectivity index (χ2n) is 8.11. The Bertz CT molecular complexity index is 1260. The summed E-state index contributed by atoms with van der Waals surface area (Å²) in [6, 6.07) is 16.7. The largest absolute Gasteiger partial charge is 0.368 e. The molecule has 2 heterocycles. The highest BCUT2D eigenvalue weighted by atomic mass is 32.2. The standard InChI is InChI=1S/C24H26N4O4S2/c25-23(29)22-7-2-12-28(22)16-17-4-1-5-19(14-17)27-24(30)18-8-10-21(11-9-18)34(31,32)26-15-20-6-3-13-33-20/h1,3-6,8-11,13-14,22,26H,2,7,12,15-16H2,(H2,25,29)(H,27,30). The fraction of sp³-hybridized carbons (Fsp3) is 0.250. The smallest absolute Gasteiger partial charge is 0.255 e. The fourth-order valence-corrected chi connectivity index (χ4v) is 5.71. The Labute approximate surface area is 202 Å². The molecule has 4 N–H and O–H groups in total. The van der Waals surface area contributed by atoms with Crippen LogP contribution in [0.2, 0.25) is 0 Å². The van der Waals surface area contributed by atoms with Crippen molar-refractivity contribution in [2.45, 2.75) is 36.9 Å². The Morgan fingerprint density at radius 3 is 2.59 bits per heavy atom. The van der Waals surface area contributed by atoms with Crippen molar-refractivity contribution in [3.63, 3.8) is 0 Å². The molecule has 34 heavy (non-hydrogen) atoms. The monoisotopic (exact) mass is 498 g/mol. The minimum absolute atomic E-state index is 0.0946. The van der Waals surface area contributed by atoms with Crippen molar-refractivity contribution in [3.8, 4) is 0 Å². The van der Waals surface area contributed by atoms with Gasteiger partial charge in [0.05, 0.1) is 10.9 Å². The molecule has 2 amide bonds. The van der Waals surface area contributed by atoms with Crippen LogP contribution in [0.5, 0.6) is 0 Å². The number of anilines is 1. The summed E-state index contributed by atoms with van der Waals surface area (Å²) in [5.74, 6) is -0.655. The van der Waals surface area contributed by atoms with E-state index in [2.05, 4.69) is 14.9 Å². The van der Waals surface area contributed by atoms with E-state index in [1.54, 1.807) is 6.07 Å². The van der Waals surface area contributed by atoms with E-state index in [0.29, 0.717) is 17.8 Å². The quantitative estimate of drug-likeness (QED) is 0.419. The molecule has 0 saturated carbocycles. The molecule has 1 aliphatic heterocycles. The average Bonchev–Trinajstić information content (AvgIpc) is 3.50. The topological polar surface area (TPSA) is 122 Å². The minimum Gasteiger partial charge on any atom is -0.368 e. The maximum Gasteiger partial charge on any atom is 0.255 e. The van der Waals surface area contributed by atoms with E-state index >= 15 is 0 Å². The number of primary amides is 1. The van der Waals surface area contributed by atoms with E-state index in [1.807, 2.05) is 35.7 Å². The summed E-state index contributed by atoms with van der Waals surface area (Å²) in [7, 11) is -3.68. The van der Waals surface area contributed by atoms with Gasteiger partial charge in [0.2, 0.25) is 15.9 Å². The van der Waals surface area contributed by atoms with Crippen LogP contribution >= 0.6 is 11.3 Å². The molecule has 0 spiro atoms. The van der Waals surface area contributed by atoms with E-state index in [4.69, 9.17) is 5.73 Å². The van der Waals surface area contributed by atoms with Gasteiger partial charge < -0.3 is 11.1 Å². The second-order valence-corrected chi connectivity index (χ2v) is 10.9. The summed E-state index contributed by atoms with van der Waals surface area (Å²) in [4.78, 5) is 27.4. The number of hydrogen-bond donors (Lipinski definition) is 3. The van der Waals surface area contributed by atoms with E-state index in [-0.39, 0.29) is 29.3 Å². The first-order chi connectivity index (χ1) is 16.3. The number of sulfonamides is 1. The van der Waals surface area contributed by atoms with E-state index in [0.717, 1.165) is 29.8 Å².